The van der Waals surface area contributed by atoms with E-state index in [2.05, 4.69) is 14.7 Å². The summed E-state index contributed by atoms with van der Waals surface area (Å²) in [5.41, 5.74) is 7.16. The number of halogens is 2. The predicted molar refractivity (Wildman–Crippen MR) is 83.2 cm³/mol. The molecule has 2 rings (SSSR count). The minimum Gasteiger partial charge on any atom is -0.399 e. The number of anilines is 2. The molecule has 3 N–H and O–H groups in total. The number of hydrogen-bond acceptors (Lipinski definition) is 5. The predicted octanol–water partition coefficient (Wildman–Crippen LogP) is 2.78. The highest BCUT2D eigenvalue weighted by Crippen LogP contribution is 2.30. The van der Waals surface area contributed by atoms with Crippen LogP contribution in [0, 0.1) is 13.8 Å². The van der Waals surface area contributed by atoms with Gasteiger partial charge >= 0.3 is 0 Å². The van der Waals surface area contributed by atoms with Crippen LogP contribution in [0.25, 0.3) is 0 Å². The summed E-state index contributed by atoms with van der Waals surface area (Å²) in [4.78, 5) is 7.52. The fourth-order valence-electron chi connectivity index (χ4n) is 2.02. The second-order valence-electron chi connectivity index (χ2n) is 4.42. The summed E-state index contributed by atoms with van der Waals surface area (Å²) < 4.78 is 27.4. The van der Waals surface area contributed by atoms with E-state index >= 15 is 0 Å². The molecule has 9 heteroatoms. The van der Waals surface area contributed by atoms with Crippen LogP contribution in [-0.2, 0) is 10.0 Å². The van der Waals surface area contributed by atoms with Crippen molar-refractivity contribution >= 4 is 44.6 Å². The summed E-state index contributed by atoms with van der Waals surface area (Å²) in [5.74, 6) is 0. The third kappa shape index (κ3) is 3.20. The number of sulfonamides is 1. The molecule has 0 aliphatic carbocycles. The Kier molecular flexibility index (Phi) is 4.27. The lowest BCUT2D eigenvalue weighted by Gasteiger charge is -2.14. The normalized spacial score (nSPS) is 11.4. The van der Waals surface area contributed by atoms with Crippen molar-refractivity contribution in [2.24, 2.45) is 0 Å². The van der Waals surface area contributed by atoms with Crippen molar-refractivity contribution in [2.75, 3.05) is 10.5 Å². The van der Waals surface area contributed by atoms with Gasteiger partial charge in [0.15, 0.2) is 10.3 Å². The number of aromatic nitrogens is 2. The highest BCUT2D eigenvalue weighted by Gasteiger charge is 2.23. The van der Waals surface area contributed by atoms with Gasteiger partial charge in [-0.05, 0) is 37.1 Å². The van der Waals surface area contributed by atoms with Crippen LogP contribution in [0.15, 0.2) is 23.4 Å². The summed E-state index contributed by atoms with van der Waals surface area (Å²) in [5, 5.41) is -0.159. The van der Waals surface area contributed by atoms with Gasteiger partial charge in [-0.2, -0.15) is 0 Å². The second kappa shape index (κ2) is 5.67. The minimum absolute atomic E-state index is 0.0588. The van der Waals surface area contributed by atoms with Gasteiger partial charge < -0.3 is 5.73 Å². The Morgan fingerprint density at radius 2 is 1.57 bits per heavy atom. The molecule has 0 spiro atoms. The molecule has 0 aliphatic heterocycles. The number of nitrogens with one attached hydrogen (secondary N) is 1. The van der Waals surface area contributed by atoms with E-state index < -0.39 is 10.0 Å². The lowest BCUT2D eigenvalue weighted by molar-refractivity contribution is 0.600. The molecular formula is C12H12Cl2N4O2S. The monoisotopic (exact) mass is 346 g/mol. The van der Waals surface area contributed by atoms with E-state index in [4.69, 9.17) is 28.9 Å². The molecule has 0 aliphatic rings. The van der Waals surface area contributed by atoms with Crippen molar-refractivity contribution < 1.29 is 8.42 Å². The number of rotatable bonds is 3. The molecule has 0 saturated heterocycles. The van der Waals surface area contributed by atoms with Crippen molar-refractivity contribution in [3.05, 3.63) is 39.9 Å². The Bertz CT molecular complexity index is 766. The van der Waals surface area contributed by atoms with E-state index in [9.17, 15) is 8.42 Å². The lowest BCUT2D eigenvalue weighted by atomic mass is 10.1. The van der Waals surface area contributed by atoms with Crippen molar-refractivity contribution in [3.8, 4) is 0 Å². The SMILES string of the molecule is Cc1cc(N)cc(C)c1S(=O)(=O)Nc1c(Cl)ncnc1Cl. The van der Waals surface area contributed by atoms with E-state index in [1.54, 1.807) is 26.0 Å². The van der Waals surface area contributed by atoms with Crippen molar-refractivity contribution in [3.63, 3.8) is 0 Å². The highest BCUT2D eigenvalue weighted by atomic mass is 35.5. The first-order valence-corrected chi connectivity index (χ1v) is 8.02. The van der Waals surface area contributed by atoms with E-state index in [0.29, 0.717) is 16.8 Å². The summed E-state index contributed by atoms with van der Waals surface area (Å²) in [6, 6.07) is 3.15. The Morgan fingerprint density at radius 1 is 1.10 bits per heavy atom. The van der Waals surface area contributed by atoms with Gasteiger partial charge in [0, 0.05) is 5.69 Å². The summed E-state index contributed by atoms with van der Waals surface area (Å²) in [6.07, 6.45) is 1.14. The Labute approximate surface area is 132 Å². The van der Waals surface area contributed by atoms with Gasteiger partial charge in [0.05, 0.1) is 4.90 Å². The molecule has 0 unspecified atom stereocenters. The van der Waals surface area contributed by atoms with E-state index in [1.807, 2.05) is 0 Å². The number of nitrogens with two attached hydrogens (primary N) is 1. The zero-order chi connectivity index (χ0) is 15.8. The average molecular weight is 347 g/mol. The maximum absolute atomic E-state index is 12.5. The van der Waals surface area contributed by atoms with Crippen LogP contribution >= 0.6 is 23.2 Å². The Hall–Kier alpha value is -1.57. The largest absolute Gasteiger partial charge is 0.399 e. The smallest absolute Gasteiger partial charge is 0.262 e. The van der Waals surface area contributed by atoms with Gasteiger partial charge in [-0.25, -0.2) is 18.4 Å². The van der Waals surface area contributed by atoms with Crippen LogP contribution in [0.3, 0.4) is 0 Å². The quantitative estimate of drug-likeness (QED) is 0.657. The molecule has 0 amide bonds. The molecule has 0 atom stereocenters. The van der Waals surface area contributed by atoms with Gasteiger partial charge in [-0.15, -0.1) is 0 Å². The molecule has 112 valence electrons. The number of nitrogens with zero attached hydrogens (tertiary/aromatic N) is 2. The van der Waals surface area contributed by atoms with Crippen LogP contribution < -0.4 is 10.5 Å². The highest BCUT2D eigenvalue weighted by molar-refractivity contribution is 7.92. The first kappa shape index (κ1) is 15.8. The summed E-state index contributed by atoms with van der Waals surface area (Å²) >= 11 is 11.7. The van der Waals surface area contributed by atoms with Crippen LogP contribution in [0.2, 0.25) is 10.3 Å². The van der Waals surface area contributed by atoms with E-state index in [0.717, 1.165) is 6.33 Å². The molecule has 21 heavy (non-hydrogen) atoms. The number of aryl methyl sites for hydroxylation is 2. The van der Waals surface area contributed by atoms with Crippen LogP contribution in [0.1, 0.15) is 11.1 Å². The topological polar surface area (TPSA) is 98.0 Å². The molecular weight excluding hydrogens is 335 g/mol. The molecule has 1 heterocycles. The number of benzene rings is 1. The van der Waals surface area contributed by atoms with Crippen LogP contribution in [-0.4, -0.2) is 18.4 Å². The van der Waals surface area contributed by atoms with Crippen LogP contribution in [0.5, 0.6) is 0 Å². The van der Waals surface area contributed by atoms with Gasteiger partial charge in [0.25, 0.3) is 10.0 Å². The maximum Gasteiger partial charge on any atom is 0.262 e. The lowest BCUT2D eigenvalue weighted by Crippen LogP contribution is -2.17. The van der Waals surface area contributed by atoms with Gasteiger partial charge in [0.2, 0.25) is 0 Å². The van der Waals surface area contributed by atoms with Crippen molar-refractivity contribution in [1.82, 2.24) is 9.97 Å². The molecule has 0 saturated carbocycles. The number of hydrogen-bond donors (Lipinski definition) is 2. The van der Waals surface area contributed by atoms with Crippen molar-refractivity contribution in [1.29, 1.82) is 0 Å². The first-order valence-electron chi connectivity index (χ1n) is 5.78. The molecule has 1 aromatic heterocycles. The minimum atomic E-state index is -3.89. The Balaban J connectivity index is 2.54. The molecule has 0 radical (unpaired) electrons. The zero-order valence-corrected chi connectivity index (χ0v) is 13.5. The summed E-state index contributed by atoms with van der Waals surface area (Å²) in [6.45, 7) is 3.31. The zero-order valence-electron chi connectivity index (χ0n) is 11.2. The molecule has 2 aromatic rings. The van der Waals surface area contributed by atoms with Crippen molar-refractivity contribution in [2.45, 2.75) is 18.7 Å². The molecule has 0 bridgehead atoms. The fraction of sp³-hybridized carbons (Fsp3) is 0.167. The van der Waals surface area contributed by atoms with Crippen LogP contribution in [0.4, 0.5) is 11.4 Å². The van der Waals surface area contributed by atoms with Gasteiger partial charge in [-0.3, -0.25) is 4.72 Å². The maximum atomic E-state index is 12.5. The van der Waals surface area contributed by atoms with Gasteiger partial charge in [-0.1, -0.05) is 23.2 Å². The van der Waals surface area contributed by atoms with E-state index in [1.165, 1.54) is 0 Å². The standard InChI is InChI=1S/C12H12Cl2N4O2S/c1-6-3-8(15)4-7(2)10(6)21(19,20)18-9-11(13)16-5-17-12(9)14/h3-5,18H,15H2,1-2H3. The molecule has 0 fully saturated rings. The fourth-order valence-corrected chi connectivity index (χ4v) is 4.07. The Morgan fingerprint density at radius 3 is 2.05 bits per heavy atom. The van der Waals surface area contributed by atoms with Gasteiger partial charge in [0.1, 0.15) is 12.0 Å². The average Bonchev–Trinajstić information content (AvgIpc) is 2.32. The van der Waals surface area contributed by atoms with E-state index in [-0.39, 0.29) is 20.9 Å². The third-order valence-corrected chi connectivity index (χ3v) is 4.97. The third-order valence-electron chi connectivity index (χ3n) is 2.74. The molecule has 6 nitrogen and oxygen atoms in total. The number of nitrogen functional groups attached to an aromatic ring is 1. The first-order chi connectivity index (χ1) is 9.72. The molecule has 1 aromatic carbocycles. The second-order valence-corrected chi connectivity index (χ2v) is 6.75. The summed E-state index contributed by atoms with van der Waals surface area (Å²) in [7, 11) is -3.89.